The zero-order chi connectivity index (χ0) is 13.0. The zero-order valence-electron chi connectivity index (χ0n) is 11.4. The van der Waals surface area contributed by atoms with Crippen molar-refractivity contribution in [2.75, 3.05) is 6.54 Å². The Balaban J connectivity index is 1.92. The number of nitrogens with zero attached hydrogens (tertiary/aromatic N) is 2. The Hall–Kier alpha value is -1.61. The Morgan fingerprint density at radius 3 is 2.44 bits per heavy atom. The number of nitrogens with one attached hydrogen (secondary N) is 1. The predicted molar refractivity (Wildman–Crippen MR) is 74.7 cm³/mol. The van der Waals surface area contributed by atoms with Crippen molar-refractivity contribution in [3.8, 4) is 5.69 Å². The third kappa shape index (κ3) is 3.70. The van der Waals surface area contributed by atoms with Crippen LogP contribution in [0.4, 0.5) is 0 Å². The summed E-state index contributed by atoms with van der Waals surface area (Å²) in [5.74, 6) is 0. The molecule has 0 saturated heterocycles. The van der Waals surface area contributed by atoms with Crippen LogP contribution < -0.4 is 5.32 Å². The van der Waals surface area contributed by atoms with Gasteiger partial charge in [-0.2, -0.15) is 0 Å². The van der Waals surface area contributed by atoms with Gasteiger partial charge in [-0.3, -0.25) is 0 Å². The molecule has 2 aromatic rings. The first-order chi connectivity index (χ1) is 8.54. The van der Waals surface area contributed by atoms with Crippen LogP contribution in [-0.4, -0.2) is 16.1 Å². The van der Waals surface area contributed by atoms with Crippen LogP contribution in [0.1, 0.15) is 26.3 Å². The van der Waals surface area contributed by atoms with Crippen molar-refractivity contribution in [1.82, 2.24) is 14.9 Å². The smallest absolute Gasteiger partial charge is 0.0991 e. The number of rotatable bonds is 4. The summed E-state index contributed by atoms with van der Waals surface area (Å²) in [4.78, 5) is 4.05. The molecule has 18 heavy (non-hydrogen) atoms. The van der Waals surface area contributed by atoms with Gasteiger partial charge in [-0.1, -0.05) is 32.9 Å². The molecule has 0 aliphatic rings. The quantitative estimate of drug-likeness (QED) is 0.894. The molecule has 0 amide bonds. The van der Waals surface area contributed by atoms with E-state index in [9.17, 15) is 0 Å². The highest BCUT2D eigenvalue weighted by atomic mass is 15.0. The van der Waals surface area contributed by atoms with Crippen molar-refractivity contribution >= 4 is 0 Å². The van der Waals surface area contributed by atoms with Gasteiger partial charge in [0.05, 0.1) is 6.33 Å². The zero-order valence-corrected chi connectivity index (χ0v) is 11.4. The molecule has 0 aliphatic heterocycles. The molecule has 1 aromatic heterocycles. The SMILES string of the molecule is CC(C)(C)CNCc1ccc(-n2ccnc2)cc1. The van der Waals surface area contributed by atoms with E-state index in [-0.39, 0.29) is 0 Å². The Morgan fingerprint density at radius 2 is 1.89 bits per heavy atom. The highest BCUT2D eigenvalue weighted by Gasteiger charge is 2.08. The maximum atomic E-state index is 4.05. The lowest BCUT2D eigenvalue weighted by Crippen LogP contribution is -2.26. The summed E-state index contributed by atoms with van der Waals surface area (Å²) < 4.78 is 2.01. The minimum atomic E-state index is 0.330. The second-order valence-corrected chi connectivity index (χ2v) is 5.80. The molecule has 0 saturated carbocycles. The fourth-order valence-corrected chi connectivity index (χ4v) is 1.78. The number of aromatic nitrogens is 2. The van der Waals surface area contributed by atoms with E-state index in [4.69, 9.17) is 0 Å². The largest absolute Gasteiger partial charge is 0.312 e. The molecule has 1 heterocycles. The van der Waals surface area contributed by atoms with E-state index in [1.807, 2.05) is 17.1 Å². The second kappa shape index (κ2) is 5.36. The number of hydrogen-bond acceptors (Lipinski definition) is 2. The first-order valence-electron chi connectivity index (χ1n) is 6.33. The average molecular weight is 243 g/mol. The van der Waals surface area contributed by atoms with Gasteiger partial charge in [0.25, 0.3) is 0 Å². The highest BCUT2D eigenvalue weighted by Crippen LogP contribution is 2.12. The van der Waals surface area contributed by atoms with Gasteiger partial charge in [0.2, 0.25) is 0 Å². The van der Waals surface area contributed by atoms with Gasteiger partial charge >= 0.3 is 0 Å². The van der Waals surface area contributed by atoms with Gasteiger partial charge in [-0.15, -0.1) is 0 Å². The average Bonchev–Trinajstić information content (AvgIpc) is 2.82. The van der Waals surface area contributed by atoms with Crippen molar-refractivity contribution in [1.29, 1.82) is 0 Å². The third-order valence-electron chi connectivity index (χ3n) is 2.72. The maximum absolute atomic E-state index is 4.05. The van der Waals surface area contributed by atoms with Crippen molar-refractivity contribution < 1.29 is 0 Å². The summed E-state index contributed by atoms with van der Waals surface area (Å²) in [6, 6.07) is 8.56. The molecule has 0 bridgehead atoms. The van der Waals surface area contributed by atoms with E-state index in [2.05, 4.69) is 55.3 Å². The van der Waals surface area contributed by atoms with E-state index in [0.29, 0.717) is 5.41 Å². The fraction of sp³-hybridized carbons (Fsp3) is 0.400. The molecule has 1 aromatic carbocycles. The fourth-order valence-electron chi connectivity index (χ4n) is 1.78. The van der Waals surface area contributed by atoms with Crippen molar-refractivity contribution in [3.05, 3.63) is 48.5 Å². The van der Waals surface area contributed by atoms with Crippen LogP contribution in [0.3, 0.4) is 0 Å². The van der Waals surface area contributed by atoms with Crippen molar-refractivity contribution in [2.45, 2.75) is 27.3 Å². The van der Waals surface area contributed by atoms with E-state index in [0.717, 1.165) is 18.8 Å². The molecule has 96 valence electrons. The topological polar surface area (TPSA) is 29.9 Å². The summed E-state index contributed by atoms with van der Waals surface area (Å²) in [5.41, 5.74) is 2.78. The second-order valence-electron chi connectivity index (χ2n) is 5.80. The minimum Gasteiger partial charge on any atom is -0.312 e. The molecular weight excluding hydrogens is 222 g/mol. The summed E-state index contributed by atoms with van der Waals surface area (Å²) >= 11 is 0. The lowest BCUT2D eigenvalue weighted by atomic mass is 9.97. The minimum absolute atomic E-state index is 0.330. The molecule has 0 radical (unpaired) electrons. The predicted octanol–water partition coefficient (Wildman–Crippen LogP) is 3.01. The molecule has 0 atom stereocenters. The Labute approximate surface area is 109 Å². The molecule has 3 nitrogen and oxygen atoms in total. The monoisotopic (exact) mass is 243 g/mol. The molecule has 0 spiro atoms. The van der Waals surface area contributed by atoms with Crippen LogP contribution in [0.5, 0.6) is 0 Å². The summed E-state index contributed by atoms with van der Waals surface area (Å²) in [6.45, 7) is 8.66. The molecule has 0 aliphatic carbocycles. The highest BCUT2D eigenvalue weighted by molar-refractivity contribution is 5.34. The van der Waals surface area contributed by atoms with Crippen LogP contribution in [-0.2, 0) is 6.54 Å². The van der Waals surface area contributed by atoms with Gasteiger partial charge in [0.1, 0.15) is 0 Å². The Morgan fingerprint density at radius 1 is 1.17 bits per heavy atom. The molecule has 2 rings (SSSR count). The summed E-state index contributed by atoms with van der Waals surface area (Å²) in [7, 11) is 0. The van der Waals surface area contributed by atoms with Gasteiger partial charge < -0.3 is 9.88 Å². The number of hydrogen-bond donors (Lipinski definition) is 1. The van der Waals surface area contributed by atoms with Gasteiger partial charge in [-0.25, -0.2) is 4.98 Å². The van der Waals surface area contributed by atoms with Crippen molar-refractivity contribution in [3.63, 3.8) is 0 Å². The van der Waals surface area contributed by atoms with Gasteiger partial charge in [-0.05, 0) is 23.1 Å². The Kier molecular flexibility index (Phi) is 3.82. The number of benzene rings is 1. The van der Waals surface area contributed by atoms with Gasteiger partial charge in [0, 0.05) is 31.2 Å². The lowest BCUT2D eigenvalue weighted by Gasteiger charge is -2.18. The molecule has 1 N–H and O–H groups in total. The van der Waals surface area contributed by atoms with Crippen LogP contribution in [0.2, 0.25) is 0 Å². The number of imidazole rings is 1. The van der Waals surface area contributed by atoms with E-state index in [1.54, 1.807) is 6.20 Å². The van der Waals surface area contributed by atoms with Crippen LogP contribution in [0, 0.1) is 5.41 Å². The summed E-state index contributed by atoms with van der Waals surface area (Å²) in [5, 5.41) is 3.48. The first kappa shape index (κ1) is 12.8. The Bertz CT molecular complexity index is 463. The molecule has 0 fully saturated rings. The normalized spacial score (nSPS) is 11.7. The van der Waals surface area contributed by atoms with Crippen LogP contribution >= 0.6 is 0 Å². The molecule has 0 unspecified atom stereocenters. The molecular formula is C15H21N3. The van der Waals surface area contributed by atoms with E-state index >= 15 is 0 Å². The molecule has 3 heteroatoms. The van der Waals surface area contributed by atoms with E-state index in [1.165, 1.54) is 5.56 Å². The van der Waals surface area contributed by atoms with Crippen LogP contribution in [0.25, 0.3) is 5.69 Å². The standard InChI is InChI=1S/C15H21N3/c1-15(2,3)11-17-10-13-4-6-14(7-5-13)18-9-8-16-12-18/h4-9,12,17H,10-11H2,1-3H3. The van der Waals surface area contributed by atoms with Crippen molar-refractivity contribution in [2.24, 2.45) is 5.41 Å². The third-order valence-corrected chi connectivity index (χ3v) is 2.72. The van der Waals surface area contributed by atoms with Crippen LogP contribution in [0.15, 0.2) is 43.0 Å². The first-order valence-corrected chi connectivity index (χ1v) is 6.33. The summed E-state index contributed by atoms with van der Waals surface area (Å²) in [6.07, 6.45) is 5.55. The van der Waals surface area contributed by atoms with E-state index < -0.39 is 0 Å². The maximum Gasteiger partial charge on any atom is 0.0991 e. The van der Waals surface area contributed by atoms with Gasteiger partial charge in [0.15, 0.2) is 0 Å². The lowest BCUT2D eigenvalue weighted by molar-refractivity contribution is 0.379.